The second kappa shape index (κ2) is 13.8. The number of anilines is 9. The molecule has 0 aliphatic carbocycles. The molecule has 5 heteroatoms. The number of hydrogen-bond acceptors (Lipinski definition) is 4. The van der Waals surface area contributed by atoms with E-state index < -0.39 is 0 Å². The van der Waals surface area contributed by atoms with Crippen LogP contribution in [0, 0.1) is 27.7 Å². The molecule has 0 atom stereocenters. The van der Waals surface area contributed by atoms with Crippen molar-refractivity contribution in [1.29, 1.82) is 0 Å². The Morgan fingerprint density at radius 3 is 1.54 bits per heavy atom. The van der Waals surface area contributed by atoms with Gasteiger partial charge in [-0.15, -0.1) is 0 Å². The molecule has 0 saturated heterocycles. The molecule has 0 N–H and O–H groups in total. The number of furan rings is 1. The second-order valence-electron chi connectivity index (χ2n) is 18.2. The van der Waals surface area contributed by atoms with Gasteiger partial charge in [0.25, 0.3) is 6.71 Å². The number of nitrogens with zero attached hydrogens (tertiary/aromatic N) is 3. The molecular formula is C56H48BN3O. The minimum atomic E-state index is -0.0911. The maximum absolute atomic E-state index is 7.13. The molecule has 3 heterocycles. The number of hydrogen-bond donors (Lipinski definition) is 0. The van der Waals surface area contributed by atoms with E-state index in [1.807, 2.05) is 0 Å². The van der Waals surface area contributed by atoms with Gasteiger partial charge in [0, 0.05) is 56.1 Å². The Bertz CT molecular complexity index is 3090. The van der Waals surface area contributed by atoms with E-state index in [9.17, 15) is 0 Å². The summed E-state index contributed by atoms with van der Waals surface area (Å²) in [7, 11) is 0. The van der Waals surface area contributed by atoms with Crippen molar-refractivity contribution in [2.45, 2.75) is 53.9 Å². The molecule has 61 heavy (non-hydrogen) atoms. The van der Waals surface area contributed by atoms with Crippen molar-refractivity contribution in [3.63, 3.8) is 0 Å². The zero-order chi connectivity index (χ0) is 41.7. The Morgan fingerprint density at radius 1 is 0.459 bits per heavy atom. The fraction of sp³-hybridized carbons (Fsp3) is 0.143. The summed E-state index contributed by atoms with van der Waals surface area (Å²) in [5.74, 6) is 0. The van der Waals surface area contributed by atoms with Crippen LogP contribution in [-0.4, -0.2) is 6.71 Å². The number of rotatable bonds is 5. The van der Waals surface area contributed by atoms with Gasteiger partial charge in [-0.25, -0.2) is 0 Å². The SMILES string of the molecule is Cc1cccc(N2c3cc(C)ccc3B3c4ccc(C)cc4N(c4cccc(C)c4)c4cc(N(c5ccccc5)c5cccc6c5oc5c(C(C)(C)C)cccc56)cc2c43)c1. The number of para-hydroxylation sites is 3. The smallest absolute Gasteiger partial charge is 0.252 e. The third-order valence-electron chi connectivity index (χ3n) is 12.7. The Hall–Kier alpha value is -6.98. The summed E-state index contributed by atoms with van der Waals surface area (Å²) in [5, 5.41) is 2.24. The highest BCUT2D eigenvalue weighted by Crippen LogP contribution is 2.50. The predicted molar refractivity (Wildman–Crippen MR) is 260 cm³/mol. The molecule has 2 aliphatic rings. The van der Waals surface area contributed by atoms with Crippen LogP contribution in [0.2, 0.25) is 0 Å². The first-order valence-electron chi connectivity index (χ1n) is 21.5. The van der Waals surface area contributed by atoms with Gasteiger partial charge >= 0.3 is 0 Å². The van der Waals surface area contributed by atoms with Gasteiger partial charge in [0.05, 0.1) is 11.4 Å². The van der Waals surface area contributed by atoms with Crippen molar-refractivity contribution in [3.05, 3.63) is 192 Å². The van der Waals surface area contributed by atoms with Crippen LogP contribution in [0.4, 0.5) is 51.2 Å². The topological polar surface area (TPSA) is 22.9 Å². The van der Waals surface area contributed by atoms with Crippen LogP contribution in [-0.2, 0) is 5.41 Å². The van der Waals surface area contributed by atoms with Crippen LogP contribution in [0.3, 0.4) is 0 Å². The van der Waals surface area contributed by atoms with E-state index in [1.165, 1.54) is 55.6 Å². The molecule has 4 nitrogen and oxygen atoms in total. The van der Waals surface area contributed by atoms with Crippen molar-refractivity contribution in [1.82, 2.24) is 0 Å². The lowest BCUT2D eigenvalue weighted by Gasteiger charge is -2.45. The van der Waals surface area contributed by atoms with Gasteiger partial charge in [0.2, 0.25) is 0 Å². The molecule has 0 spiro atoms. The highest BCUT2D eigenvalue weighted by molar-refractivity contribution is 7.00. The van der Waals surface area contributed by atoms with E-state index in [1.54, 1.807) is 0 Å². The number of benzene rings is 8. The maximum Gasteiger partial charge on any atom is 0.252 e. The molecule has 0 saturated carbocycles. The van der Waals surface area contributed by atoms with Gasteiger partial charge in [0.15, 0.2) is 5.58 Å². The lowest BCUT2D eigenvalue weighted by atomic mass is 9.33. The van der Waals surface area contributed by atoms with Gasteiger partial charge < -0.3 is 19.1 Å². The van der Waals surface area contributed by atoms with Crippen molar-refractivity contribution in [2.75, 3.05) is 14.7 Å². The van der Waals surface area contributed by atoms with Gasteiger partial charge in [-0.3, -0.25) is 0 Å². The summed E-state index contributed by atoms with van der Waals surface area (Å²) in [6.07, 6.45) is 0. The molecule has 0 bridgehead atoms. The van der Waals surface area contributed by atoms with Crippen molar-refractivity contribution in [2.24, 2.45) is 0 Å². The third-order valence-corrected chi connectivity index (χ3v) is 12.7. The van der Waals surface area contributed by atoms with Gasteiger partial charge in [0.1, 0.15) is 5.58 Å². The molecule has 9 aromatic rings. The molecule has 296 valence electrons. The van der Waals surface area contributed by atoms with Crippen LogP contribution < -0.4 is 31.1 Å². The van der Waals surface area contributed by atoms with Crippen LogP contribution in [0.15, 0.2) is 168 Å². The number of fused-ring (bicyclic) bond motifs is 7. The van der Waals surface area contributed by atoms with E-state index >= 15 is 0 Å². The van der Waals surface area contributed by atoms with Crippen LogP contribution >= 0.6 is 0 Å². The van der Waals surface area contributed by atoms with Crippen LogP contribution in [0.5, 0.6) is 0 Å². The summed E-state index contributed by atoms with van der Waals surface area (Å²) in [4.78, 5) is 7.44. The highest BCUT2D eigenvalue weighted by Gasteiger charge is 2.44. The first kappa shape index (κ1) is 37.1. The summed E-state index contributed by atoms with van der Waals surface area (Å²) in [6, 6.07) is 60.8. The first-order chi connectivity index (χ1) is 29.5. The fourth-order valence-electron chi connectivity index (χ4n) is 9.99. The summed E-state index contributed by atoms with van der Waals surface area (Å²) in [5.41, 5.74) is 21.9. The summed E-state index contributed by atoms with van der Waals surface area (Å²) < 4.78 is 7.13. The number of aryl methyl sites for hydroxylation is 4. The van der Waals surface area contributed by atoms with Crippen molar-refractivity contribution >= 4 is 96.2 Å². The Labute approximate surface area is 359 Å². The Morgan fingerprint density at radius 2 is 0.984 bits per heavy atom. The molecule has 0 radical (unpaired) electrons. The van der Waals surface area contributed by atoms with Gasteiger partial charge in [-0.05, 0) is 138 Å². The summed E-state index contributed by atoms with van der Waals surface area (Å²) >= 11 is 0. The monoisotopic (exact) mass is 789 g/mol. The van der Waals surface area contributed by atoms with E-state index in [4.69, 9.17) is 4.42 Å². The van der Waals surface area contributed by atoms with Gasteiger partial charge in [-0.2, -0.15) is 0 Å². The molecule has 0 fully saturated rings. The van der Waals surface area contributed by atoms with Gasteiger partial charge in [-0.1, -0.05) is 118 Å². The summed E-state index contributed by atoms with van der Waals surface area (Å²) in [6.45, 7) is 15.6. The predicted octanol–water partition coefficient (Wildman–Crippen LogP) is 13.7. The molecular weight excluding hydrogens is 741 g/mol. The fourth-order valence-corrected chi connectivity index (χ4v) is 9.99. The zero-order valence-electron chi connectivity index (χ0n) is 35.9. The minimum Gasteiger partial charge on any atom is -0.454 e. The van der Waals surface area contributed by atoms with E-state index in [2.05, 4.69) is 227 Å². The van der Waals surface area contributed by atoms with E-state index in [-0.39, 0.29) is 12.1 Å². The quantitative estimate of drug-likeness (QED) is 0.162. The maximum atomic E-state index is 7.13. The standard InChI is InChI=1S/C56H48BN3O/c1-35-15-11-19-40(29-35)59-49-31-37(3)25-27-46(49)57-47-28-26-38(4)32-50(47)60(41-20-12-16-36(2)30-41)52-34-42(33-51(59)53(52)57)58(39-17-9-8-10-18-39)48-24-14-22-44-43-21-13-23-45(56(5,6)7)54(43)61-55(44)48/h8-34H,1-7H3. The van der Waals surface area contributed by atoms with E-state index in [0.29, 0.717) is 0 Å². The van der Waals surface area contributed by atoms with Crippen molar-refractivity contribution < 1.29 is 4.42 Å². The minimum absolute atomic E-state index is 0.0205. The molecule has 0 unspecified atom stereocenters. The zero-order valence-corrected chi connectivity index (χ0v) is 35.9. The second-order valence-corrected chi connectivity index (χ2v) is 18.2. The van der Waals surface area contributed by atoms with E-state index in [0.717, 1.165) is 61.8 Å². The molecule has 0 amide bonds. The Balaban J connectivity index is 1.28. The lowest BCUT2D eigenvalue weighted by Crippen LogP contribution is -2.61. The molecule has 8 aromatic carbocycles. The first-order valence-corrected chi connectivity index (χ1v) is 21.5. The average Bonchev–Trinajstić information content (AvgIpc) is 3.63. The van der Waals surface area contributed by atoms with Crippen molar-refractivity contribution in [3.8, 4) is 0 Å². The Kier molecular flexibility index (Phi) is 8.38. The molecule has 2 aliphatic heterocycles. The third kappa shape index (κ3) is 5.90. The lowest BCUT2D eigenvalue weighted by molar-refractivity contribution is 0.573. The van der Waals surface area contributed by atoms with Crippen LogP contribution in [0.25, 0.3) is 21.9 Å². The average molecular weight is 790 g/mol. The molecule has 11 rings (SSSR count). The molecule has 1 aromatic heterocycles. The normalized spacial score (nSPS) is 13.1. The largest absolute Gasteiger partial charge is 0.454 e. The highest BCUT2D eigenvalue weighted by atomic mass is 16.3. The van der Waals surface area contributed by atoms with Crippen LogP contribution in [0.1, 0.15) is 48.6 Å².